The molecular formula is C15H26N2O2S. The van der Waals surface area contributed by atoms with Crippen molar-refractivity contribution in [2.45, 2.75) is 46.2 Å². The van der Waals surface area contributed by atoms with Crippen molar-refractivity contribution in [3.63, 3.8) is 0 Å². The van der Waals surface area contributed by atoms with Crippen LogP contribution in [0.25, 0.3) is 0 Å². The number of amides is 1. The van der Waals surface area contributed by atoms with Gasteiger partial charge in [0, 0.05) is 25.2 Å². The van der Waals surface area contributed by atoms with Crippen molar-refractivity contribution in [3.05, 3.63) is 16.3 Å². The highest BCUT2D eigenvalue weighted by atomic mass is 32.1. The quantitative estimate of drug-likeness (QED) is 0.750. The molecule has 0 atom stereocenters. The minimum Gasteiger partial charge on any atom is -0.495 e. The van der Waals surface area contributed by atoms with Gasteiger partial charge in [0.15, 0.2) is 0 Å². The van der Waals surface area contributed by atoms with Crippen molar-refractivity contribution >= 4 is 17.2 Å². The Bertz CT molecular complexity index is 408. The maximum Gasteiger partial charge on any atom is 0.265 e. The Morgan fingerprint density at radius 3 is 2.55 bits per heavy atom. The zero-order chi connectivity index (χ0) is 15.1. The van der Waals surface area contributed by atoms with Gasteiger partial charge in [-0.2, -0.15) is 0 Å². The molecule has 4 nitrogen and oxygen atoms in total. The summed E-state index contributed by atoms with van der Waals surface area (Å²) in [6.45, 7) is 10.5. The van der Waals surface area contributed by atoms with E-state index in [1.54, 1.807) is 7.11 Å². The maximum atomic E-state index is 12.0. The lowest BCUT2D eigenvalue weighted by atomic mass is 10.2. The number of carbonyl (C=O) groups is 1. The molecule has 1 aromatic rings. The molecule has 1 N–H and O–H groups in total. The second kappa shape index (κ2) is 8.27. The Morgan fingerprint density at radius 1 is 1.35 bits per heavy atom. The number of hydrogen-bond acceptors (Lipinski definition) is 4. The molecule has 1 rings (SSSR count). The molecule has 1 amide bonds. The summed E-state index contributed by atoms with van der Waals surface area (Å²) < 4.78 is 5.16. The average molecular weight is 298 g/mol. The van der Waals surface area contributed by atoms with E-state index in [4.69, 9.17) is 4.74 Å². The molecule has 0 spiro atoms. The summed E-state index contributed by atoms with van der Waals surface area (Å²) in [5.74, 6) is 0.607. The number of hydrogen-bond donors (Lipinski definition) is 1. The van der Waals surface area contributed by atoms with E-state index < -0.39 is 0 Å². The molecule has 0 aliphatic heterocycles. The molecule has 0 unspecified atom stereocenters. The first-order valence-electron chi connectivity index (χ1n) is 7.12. The predicted octanol–water partition coefficient (Wildman–Crippen LogP) is 3.00. The number of ether oxygens (including phenoxy) is 1. The van der Waals surface area contributed by atoms with E-state index in [2.05, 4.69) is 37.9 Å². The third kappa shape index (κ3) is 4.80. The standard InChI is InChI=1S/C15H26N2O2S/c1-11(2)17(12(3)4)9-6-8-16-15(18)14-13(19-5)7-10-20-14/h7,10-12H,6,8-9H2,1-5H3,(H,16,18). The van der Waals surface area contributed by atoms with Crippen LogP contribution in [0.4, 0.5) is 0 Å². The molecule has 0 aliphatic carbocycles. The predicted molar refractivity (Wildman–Crippen MR) is 84.8 cm³/mol. The summed E-state index contributed by atoms with van der Waals surface area (Å²) in [5, 5.41) is 4.83. The zero-order valence-corrected chi connectivity index (χ0v) is 13.9. The van der Waals surface area contributed by atoms with Crippen LogP contribution >= 0.6 is 11.3 Å². The third-order valence-corrected chi connectivity index (χ3v) is 4.15. The molecule has 0 saturated heterocycles. The van der Waals surface area contributed by atoms with Crippen molar-refractivity contribution in [2.24, 2.45) is 0 Å². The third-order valence-electron chi connectivity index (χ3n) is 3.26. The minimum absolute atomic E-state index is 0.0440. The van der Waals surface area contributed by atoms with Crippen LogP contribution in [0.2, 0.25) is 0 Å². The summed E-state index contributed by atoms with van der Waals surface area (Å²) in [4.78, 5) is 15.1. The second-order valence-electron chi connectivity index (χ2n) is 5.35. The number of rotatable bonds is 8. The first-order valence-corrected chi connectivity index (χ1v) is 8.00. The lowest BCUT2D eigenvalue weighted by molar-refractivity contribution is 0.0951. The average Bonchev–Trinajstić information content (AvgIpc) is 2.85. The second-order valence-corrected chi connectivity index (χ2v) is 6.27. The van der Waals surface area contributed by atoms with E-state index in [1.165, 1.54) is 11.3 Å². The fourth-order valence-electron chi connectivity index (χ4n) is 2.28. The molecule has 1 aromatic heterocycles. The fourth-order valence-corrected chi connectivity index (χ4v) is 3.05. The molecule has 114 valence electrons. The van der Waals surface area contributed by atoms with Gasteiger partial charge in [-0.05, 0) is 45.6 Å². The SMILES string of the molecule is COc1ccsc1C(=O)NCCCN(C(C)C)C(C)C. The van der Waals surface area contributed by atoms with Crippen LogP contribution in [0.3, 0.4) is 0 Å². The monoisotopic (exact) mass is 298 g/mol. The van der Waals surface area contributed by atoms with Gasteiger partial charge in [0.05, 0.1) is 7.11 Å². The van der Waals surface area contributed by atoms with Gasteiger partial charge >= 0.3 is 0 Å². The Balaban J connectivity index is 2.36. The van der Waals surface area contributed by atoms with Crippen LogP contribution in [0.15, 0.2) is 11.4 Å². The molecule has 0 saturated carbocycles. The largest absolute Gasteiger partial charge is 0.495 e. The van der Waals surface area contributed by atoms with E-state index in [-0.39, 0.29) is 5.91 Å². The van der Waals surface area contributed by atoms with E-state index in [0.717, 1.165) is 13.0 Å². The van der Waals surface area contributed by atoms with Gasteiger partial charge < -0.3 is 10.1 Å². The van der Waals surface area contributed by atoms with Gasteiger partial charge in [-0.1, -0.05) is 0 Å². The minimum atomic E-state index is -0.0440. The molecule has 0 radical (unpaired) electrons. The lowest BCUT2D eigenvalue weighted by Crippen LogP contribution is -2.39. The Morgan fingerprint density at radius 2 is 2.00 bits per heavy atom. The van der Waals surface area contributed by atoms with Crippen molar-refractivity contribution in [3.8, 4) is 5.75 Å². The van der Waals surface area contributed by atoms with Gasteiger partial charge in [-0.3, -0.25) is 9.69 Å². The summed E-state index contributed by atoms with van der Waals surface area (Å²) in [7, 11) is 1.59. The van der Waals surface area contributed by atoms with Crippen LogP contribution in [0, 0.1) is 0 Å². The normalized spacial score (nSPS) is 11.4. The Labute approximate surface area is 126 Å². The van der Waals surface area contributed by atoms with Crippen molar-refractivity contribution in [1.29, 1.82) is 0 Å². The van der Waals surface area contributed by atoms with Gasteiger partial charge in [-0.15, -0.1) is 11.3 Å². The first kappa shape index (κ1) is 17.0. The molecule has 0 bridgehead atoms. The van der Waals surface area contributed by atoms with Gasteiger partial charge in [-0.25, -0.2) is 0 Å². The molecule has 0 aromatic carbocycles. The van der Waals surface area contributed by atoms with E-state index >= 15 is 0 Å². The number of methoxy groups -OCH3 is 1. The Hall–Kier alpha value is -1.07. The number of carbonyl (C=O) groups excluding carboxylic acids is 1. The lowest BCUT2D eigenvalue weighted by Gasteiger charge is -2.30. The van der Waals surface area contributed by atoms with Crippen LogP contribution < -0.4 is 10.1 Å². The van der Waals surface area contributed by atoms with Crippen LogP contribution in [0.1, 0.15) is 43.8 Å². The number of thiophene rings is 1. The molecule has 1 heterocycles. The van der Waals surface area contributed by atoms with Gasteiger partial charge in [0.25, 0.3) is 5.91 Å². The summed E-state index contributed by atoms with van der Waals surface area (Å²) in [6.07, 6.45) is 0.954. The van der Waals surface area contributed by atoms with Crippen LogP contribution in [-0.2, 0) is 0 Å². The van der Waals surface area contributed by atoms with Gasteiger partial charge in [0.2, 0.25) is 0 Å². The zero-order valence-electron chi connectivity index (χ0n) is 13.1. The highest BCUT2D eigenvalue weighted by Crippen LogP contribution is 2.23. The smallest absolute Gasteiger partial charge is 0.265 e. The molecule has 0 aliphatic rings. The highest BCUT2D eigenvalue weighted by Gasteiger charge is 2.15. The topological polar surface area (TPSA) is 41.6 Å². The molecular weight excluding hydrogens is 272 g/mol. The van der Waals surface area contributed by atoms with E-state index in [9.17, 15) is 4.79 Å². The van der Waals surface area contributed by atoms with Crippen molar-refractivity contribution in [2.75, 3.05) is 20.2 Å². The summed E-state index contributed by atoms with van der Waals surface area (Å²) in [5.41, 5.74) is 0. The van der Waals surface area contributed by atoms with E-state index in [0.29, 0.717) is 29.3 Å². The van der Waals surface area contributed by atoms with Crippen molar-refractivity contribution in [1.82, 2.24) is 10.2 Å². The summed E-state index contributed by atoms with van der Waals surface area (Å²) >= 11 is 1.41. The first-order chi connectivity index (χ1) is 9.47. The molecule has 5 heteroatoms. The molecule has 20 heavy (non-hydrogen) atoms. The van der Waals surface area contributed by atoms with Crippen LogP contribution in [0.5, 0.6) is 5.75 Å². The van der Waals surface area contributed by atoms with Crippen LogP contribution in [-0.4, -0.2) is 43.1 Å². The summed E-state index contributed by atoms with van der Waals surface area (Å²) in [6, 6.07) is 2.88. The number of nitrogens with one attached hydrogen (secondary N) is 1. The number of nitrogens with zero attached hydrogens (tertiary/aromatic N) is 1. The fraction of sp³-hybridized carbons (Fsp3) is 0.667. The van der Waals surface area contributed by atoms with Crippen molar-refractivity contribution < 1.29 is 9.53 Å². The Kier molecular flexibility index (Phi) is 7.02. The van der Waals surface area contributed by atoms with E-state index in [1.807, 2.05) is 11.4 Å². The highest BCUT2D eigenvalue weighted by molar-refractivity contribution is 7.12. The van der Waals surface area contributed by atoms with Gasteiger partial charge in [0.1, 0.15) is 10.6 Å². The maximum absolute atomic E-state index is 12.0. The molecule has 0 fully saturated rings.